The lowest BCUT2D eigenvalue weighted by molar-refractivity contribution is -0.385. The number of nitro benzene ring substituents is 1. The summed E-state index contributed by atoms with van der Waals surface area (Å²) in [5.74, 6) is -0.286. The molecule has 3 aromatic carbocycles. The molecule has 10 heteroatoms. The van der Waals surface area contributed by atoms with Crippen molar-refractivity contribution in [2.75, 3.05) is 5.75 Å². The van der Waals surface area contributed by atoms with E-state index in [1.54, 1.807) is 18.2 Å². The third-order valence-electron chi connectivity index (χ3n) is 4.76. The molecule has 0 saturated heterocycles. The lowest BCUT2D eigenvalue weighted by Gasteiger charge is -2.10. The average molecular weight is 480 g/mol. The number of rotatable bonds is 8. The topological polar surface area (TPSA) is 102 Å². The number of benzene rings is 3. The van der Waals surface area contributed by atoms with Gasteiger partial charge in [-0.1, -0.05) is 65.8 Å². The number of nitro groups is 1. The van der Waals surface area contributed by atoms with Crippen LogP contribution in [0.3, 0.4) is 0 Å². The van der Waals surface area contributed by atoms with Crippen molar-refractivity contribution in [3.8, 4) is 0 Å². The Morgan fingerprint density at radius 1 is 1.12 bits per heavy atom. The number of para-hydroxylation sites is 3. The highest BCUT2D eigenvalue weighted by Gasteiger charge is 2.14. The van der Waals surface area contributed by atoms with Gasteiger partial charge >= 0.3 is 0 Å². The smallest absolute Gasteiger partial charge is 0.278 e. The summed E-state index contributed by atoms with van der Waals surface area (Å²) < 4.78 is 2.02. The van der Waals surface area contributed by atoms with Crippen molar-refractivity contribution < 1.29 is 9.72 Å². The molecule has 0 spiro atoms. The molecule has 33 heavy (non-hydrogen) atoms. The molecule has 1 heterocycles. The van der Waals surface area contributed by atoms with Crippen LogP contribution in [0.4, 0.5) is 5.69 Å². The first kappa shape index (κ1) is 22.5. The molecule has 0 radical (unpaired) electrons. The van der Waals surface area contributed by atoms with Crippen molar-refractivity contribution in [2.24, 2.45) is 5.10 Å². The molecular weight excluding hydrogens is 462 g/mol. The summed E-state index contributed by atoms with van der Waals surface area (Å²) in [7, 11) is 0. The molecule has 0 fully saturated rings. The molecule has 0 bridgehead atoms. The van der Waals surface area contributed by atoms with Gasteiger partial charge in [-0.25, -0.2) is 10.4 Å². The summed E-state index contributed by atoms with van der Waals surface area (Å²) in [6.07, 6.45) is 1.26. The lowest BCUT2D eigenvalue weighted by Crippen LogP contribution is -2.20. The second-order valence-electron chi connectivity index (χ2n) is 6.96. The standard InChI is InChI=1S/C23H18ClN5O3S/c24-18-9-3-1-8-17(18)14-28-21-12-6-4-10-19(21)26-23(28)33-15-22(30)27-25-13-16-7-2-5-11-20(16)29(31)32/h1-13H,14-15H2,(H,27,30)/b25-13-. The molecule has 0 saturated carbocycles. The highest BCUT2D eigenvalue weighted by molar-refractivity contribution is 7.99. The van der Waals surface area contributed by atoms with Crippen molar-refractivity contribution in [3.63, 3.8) is 0 Å². The van der Waals surface area contributed by atoms with Gasteiger partial charge in [0.2, 0.25) is 0 Å². The first-order chi connectivity index (χ1) is 16.0. The van der Waals surface area contributed by atoms with Gasteiger partial charge in [0.1, 0.15) is 0 Å². The van der Waals surface area contributed by atoms with Crippen LogP contribution < -0.4 is 5.43 Å². The van der Waals surface area contributed by atoms with E-state index >= 15 is 0 Å². The molecule has 0 aliphatic carbocycles. The molecule has 8 nitrogen and oxygen atoms in total. The summed E-state index contributed by atoms with van der Waals surface area (Å²) in [5.41, 5.74) is 5.33. The quantitative estimate of drug-likeness (QED) is 0.168. The Hall–Kier alpha value is -3.69. The lowest BCUT2D eigenvalue weighted by atomic mass is 10.2. The molecule has 1 N–H and O–H groups in total. The van der Waals surface area contributed by atoms with Gasteiger partial charge in [-0.2, -0.15) is 5.10 Å². The maximum Gasteiger partial charge on any atom is 0.278 e. The van der Waals surface area contributed by atoms with Gasteiger partial charge in [0.05, 0.1) is 40.0 Å². The average Bonchev–Trinajstić information content (AvgIpc) is 3.17. The zero-order valence-corrected chi connectivity index (χ0v) is 18.8. The van der Waals surface area contributed by atoms with Gasteiger partial charge < -0.3 is 4.57 Å². The molecule has 1 aromatic heterocycles. The van der Waals surface area contributed by atoms with E-state index in [0.29, 0.717) is 22.3 Å². The van der Waals surface area contributed by atoms with Crippen molar-refractivity contribution in [3.05, 3.63) is 99.1 Å². The van der Waals surface area contributed by atoms with Crippen LogP contribution in [0.5, 0.6) is 0 Å². The molecular formula is C23H18ClN5O3S. The Kier molecular flexibility index (Phi) is 7.01. The monoisotopic (exact) mass is 479 g/mol. The van der Waals surface area contributed by atoms with Gasteiger partial charge in [-0.15, -0.1) is 0 Å². The summed E-state index contributed by atoms with van der Waals surface area (Å²) in [4.78, 5) is 27.6. The number of carbonyl (C=O) groups is 1. The molecule has 0 atom stereocenters. The number of nitrogens with zero attached hydrogens (tertiary/aromatic N) is 4. The minimum Gasteiger partial charge on any atom is -0.314 e. The summed E-state index contributed by atoms with van der Waals surface area (Å²) in [6.45, 7) is 0.514. The van der Waals surface area contributed by atoms with Crippen LogP contribution in [-0.4, -0.2) is 32.3 Å². The second-order valence-corrected chi connectivity index (χ2v) is 8.31. The minimum absolute atomic E-state index is 0.0695. The summed E-state index contributed by atoms with van der Waals surface area (Å²) >= 11 is 7.62. The number of hydrogen-bond donors (Lipinski definition) is 1. The number of hydrogen-bond acceptors (Lipinski definition) is 6. The Labute approximate surface area is 198 Å². The van der Waals surface area contributed by atoms with Gasteiger partial charge in [0, 0.05) is 11.1 Å². The van der Waals surface area contributed by atoms with Gasteiger partial charge in [0.15, 0.2) is 5.16 Å². The van der Waals surface area contributed by atoms with Crippen molar-refractivity contribution >= 4 is 52.2 Å². The van der Waals surface area contributed by atoms with E-state index in [0.717, 1.165) is 16.6 Å². The largest absolute Gasteiger partial charge is 0.314 e. The maximum absolute atomic E-state index is 12.3. The Morgan fingerprint density at radius 3 is 2.67 bits per heavy atom. The molecule has 0 unspecified atom stereocenters. The zero-order chi connectivity index (χ0) is 23.2. The van der Waals surface area contributed by atoms with Crippen LogP contribution >= 0.6 is 23.4 Å². The Morgan fingerprint density at radius 2 is 1.85 bits per heavy atom. The normalized spacial score (nSPS) is 11.2. The van der Waals surface area contributed by atoms with Crippen molar-refractivity contribution in [1.82, 2.24) is 15.0 Å². The first-order valence-corrected chi connectivity index (χ1v) is 11.3. The highest BCUT2D eigenvalue weighted by atomic mass is 35.5. The predicted octanol–water partition coefficient (Wildman–Crippen LogP) is 4.89. The Bertz CT molecular complexity index is 1350. The third-order valence-corrected chi connectivity index (χ3v) is 6.11. The molecule has 0 aliphatic rings. The van der Waals surface area contributed by atoms with Gasteiger partial charge in [-0.05, 0) is 29.8 Å². The van der Waals surface area contributed by atoms with Gasteiger partial charge in [0.25, 0.3) is 11.6 Å². The van der Waals surface area contributed by atoms with Crippen molar-refractivity contribution in [2.45, 2.75) is 11.7 Å². The number of halogens is 1. The zero-order valence-electron chi connectivity index (χ0n) is 17.2. The number of aromatic nitrogens is 2. The molecule has 4 rings (SSSR count). The molecule has 0 aliphatic heterocycles. The fourth-order valence-electron chi connectivity index (χ4n) is 3.21. The number of thioether (sulfide) groups is 1. The number of carbonyl (C=O) groups excluding carboxylic acids is 1. The number of fused-ring (bicyclic) bond motifs is 1. The summed E-state index contributed by atoms with van der Waals surface area (Å²) in [5, 5.41) is 16.3. The van der Waals surface area contributed by atoms with Crippen LogP contribution in [0, 0.1) is 10.1 Å². The van der Waals surface area contributed by atoms with Crippen LogP contribution in [-0.2, 0) is 11.3 Å². The third kappa shape index (κ3) is 5.39. The highest BCUT2D eigenvalue weighted by Crippen LogP contribution is 2.27. The SMILES string of the molecule is O=C(CSc1nc2ccccc2n1Cc1ccccc1Cl)N/N=C\c1ccccc1[N+](=O)[O-]. The molecule has 1 amide bonds. The van der Waals surface area contributed by atoms with E-state index in [4.69, 9.17) is 11.6 Å². The first-order valence-electron chi connectivity index (χ1n) is 9.89. The molecule has 166 valence electrons. The van der Waals surface area contributed by atoms with Crippen LogP contribution in [0.2, 0.25) is 5.02 Å². The van der Waals surface area contributed by atoms with Crippen molar-refractivity contribution in [1.29, 1.82) is 0 Å². The predicted molar refractivity (Wildman–Crippen MR) is 130 cm³/mol. The fraction of sp³-hybridized carbons (Fsp3) is 0.0870. The fourth-order valence-corrected chi connectivity index (χ4v) is 4.21. The van der Waals surface area contributed by atoms with E-state index < -0.39 is 4.92 Å². The number of hydrazone groups is 1. The summed E-state index contributed by atoms with van der Waals surface area (Å²) in [6, 6.07) is 21.5. The molecule has 4 aromatic rings. The second kappa shape index (κ2) is 10.3. The van der Waals surface area contributed by atoms with E-state index in [2.05, 4.69) is 15.5 Å². The Balaban J connectivity index is 1.46. The van der Waals surface area contributed by atoms with Crippen LogP contribution in [0.1, 0.15) is 11.1 Å². The van der Waals surface area contributed by atoms with E-state index in [1.807, 2.05) is 53.1 Å². The number of amides is 1. The van der Waals surface area contributed by atoms with Gasteiger partial charge in [-0.3, -0.25) is 14.9 Å². The van der Waals surface area contributed by atoms with Crippen LogP contribution in [0.15, 0.2) is 83.1 Å². The number of nitrogens with one attached hydrogen (secondary N) is 1. The van der Waals surface area contributed by atoms with E-state index in [9.17, 15) is 14.9 Å². The minimum atomic E-state index is -0.498. The van der Waals surface area contributed by atoms with Crippen LogP contribution in [0.25, 0.3) is 11.0 Å². The number of imidazole rings is 1. The maximum atomic E-state index is 12.3. The van der Waals surface area contributed by atoms with E-state index in [-0.39, 0.29) is 17.3 Å². The van der Waals surface area contributed by atoms with E-state index in [1.165, 1.54) is 24.0 Å².